The van der Waals surface area contributed by atoms with Crippen LogP contribution in [0.2, 0.25) is 0 Å². The van der Waals surface area contributed by atoms with Gasteiger partial charge in [0.25, 0.3) is 5.09 Å². The number of anilines is 1. The van der Waals surface area contributed by atoms with Crippen LogP contribution in [0.5, 0.6) is 0 Å². The van der Waals surface area contributed by atoms with Crippen molar-refractivity contribution in [2.45, 2.75) is 58.0 Å². The molecule has 0 unspecified atom stereocenters. The van der Waals surface area contributed by atoms with Crippen molar-refractivity contribution >= 4 is 38.5 Å². The number of hydrogen-bond donors (Lipinski definition) is 3. The zero-order valence-corrected chi connectivity index (χ0v) is 23.9. The molecule has 41 heavy (non-hydrogen) atoms. The number of rotatable bonds is 12. The van der Waals surface area contributed by atoms with Gasteiger partial charge in [-0.1, -0.05) is 24.3 Å². The van der Waals surface area contributed by atoms with Gasteiger partial charge in [0.1, 0.15) is 18.4 Å². The molecule has 3 aromatic rings. The van der Waals surface area contributed by atoms with Gasteiger partial charge in [-0.3, -0.25) is 9.78 Å². The van der Waals surface area contributed by atoms with E-state index in [0.717, 1.165) is 26.2 Å². The van der Waals surface area contributed by atoms with E-state index in [1.165, 1.54) is 11.3 Å². The molecule has 0 spiro atoms. The maximum Gasteiger partial charge on any atom is 0.407 e. The van der Waals surface area contributed by atoms with E-state index in [9.17, 15) is 24.8 Å². The van der Waals surface area contributed by atoms with Gasteiger partial charge in [0.2, 0.25) is 0 Å². The highest BCUT2D eigenvalue weighted by Crippen LogP contribution is 2.35. The highest BCUT2D eigenvalue weighted by molar-refractivity contribution is 7.22. The number of carbonyl (C=O) groups excluding carboxylic acids is 2. The fraction of sp³-hybridized carbons (Fsp3) is 0.464. The molecule has 0 aliphatic heterocycles. The number of hydrogen-bond acceptors (Lipinski definition) is 11. The Morgan fingerprint density at radius 1 is 1.22 bits per heavy atom. The van der Waals surface area contributed by atoms with E-state index >= 15 is 0 Å². The van der Waals surface area contributed by atoms with Crippen molar-refractivity contribution in [2.24, 2.45) is 11.8 Å². The van der Waals surface area contributed by atoms with Crippen LogP contribution in [0.4, 0.5) is 9.80 Å². The highest BCUT2D eigenvalue weighted by atomic mass is 32.1. The van der Waals surface area contributed by atoms with Crippen LogP contribution >= 0.6 is 11.3 Å². The molecular formula is C28H34N4O8S. The molecule has 4 rings (SSSR count). The zero-order chi connectivity index (χ0) is 29.6. The fourth-order valence-electron chi connectivity index (χ4n) is 4.48. The minimum atomic E-state index is -1.04. The number of aromatic nitrogens is 1. The van der Waals surface area contributed by atoms with E-state index in [2.05, 4.69) is 20.5 Å². The van der Waals surface area contributed by atoms with Crippen LogP contribution < -0.4 is 10.6 Å². The lowest BCUT2D eigenvalue weighted by atomic mass is 9.75. The van der Waals surface area contributed by atoms with Crippen molar-refractivity contribution in [3.05, 3.63) is 70.0 Å². The Morgan fingerprint density at radius 3 is 2.61 bits per heavy atom. The molecule has 3 N–H and O–H groups in total. The van der Waals surface area contributed by atoms with Crippen LogP contribution in [-0.4, -0.2) is 52.2 Å². The lowest BCUT2D eigenvalue weighted by molar-refractivity contribution is -0.759. The van der Waals surface area contributed by atoms with Gasteiger partial charge in [-0.15, -0.1) is 21.5 Å². The van der Waals surface area contributed by atoms with Gasteiger partial charge in [-0.2, -0.15) is 0 Å². The van der Waals surface area contributed by atoms with Gasteiger partial charge in [0, 0.05) is 24.9 Å². The molecule has 1 aliphatic carbocycles. The topological polar surface area (TPSA) is 162 Å². The number of benzene rings is 1. The summed E-state index contributed by atoms with van der Waals surface area (Å²) in [6.45, 7) is 5.49. The number of thiophene rings is 1. The van der Waals surface area contributed by atoms with Gasteiger partial charge >= 0.3 is 12.1 Å². The third-order valence-electron chi connectivity index (χ3n) is 6.63. The van der Waals surface area contributed by atoms with Gasteiger partial charge in [0.05, 0.1) is 22.2 Å². The monoisotopic (exact) mass is 586 g/mol. The number of pyridine rings is 1. The van der Waals surface area contributed by atoms with E-state index in [1.54, 1.807) is 45.3 Å². The molecule has 1 aliphatic rings. The Morgan fingerprint density at radius 2 is 1.95 bits per heavy atom. The Hall–Kier alpha value is -3.97. The lowest BCUT2D eigenvalue weighted by Gasteiger charge is -2.32. The standard InChI is InChI=1S/C28H34N4O8S/c1-28(2,3)40-27(35)30-13-22(25(33)31-24-12-20-8-9-29-14-23(20)41-24)19-6-4-17(5-7-19)15-38-26(34)21-10-18(11-21)16-39-32(36)37/h4-9,12,14,18,21-22,25,31,33H,10-11,13,15-16H2,1-3H3,(H,30,35)/t18?,21?,22-,25+/m1/s1. The Bertz CT molecular complexity index is 1320. The second-order valence-corrected chi connectivity index (χ2v) is 12.1. The van der Waals surface area contributed by atoms with Crippen molar-refractivity contribution < 1.29 is 34.1 Å². The molecule has 2 heterocycles. The summed E-state index contributed by atoms with van der Waals surface area (Å²) in [5, 5.41) is 28.3. The van der Waals surface area contributed by atoms with Crippen molar-refractivity contribution in [3.63, 3.8) is 0 Å². The second-order valence-electron chi connectivity index (χ2n) is 11.0. The maximum absolute atomic E-state index is 12.3. The number of carbonyl (C=O) groups is 2. The first-order valence-corrected chi connectivity index (χ1v) is 14.1. The van der Waals surface area contributed by atoms with Crippen molar-refractivity contribution in [2.75, 3.05) is 18.5 Å². The Balaban J connectivity index is 1.37. The minimum Gasteiger partial charge on any atom is -0.461 e. The van der Waals surface area contributed by atoms with E-state index in [1.807, 2.05) is 24.3 Å². The van der Waals surface area contributed by atoms with Gasteiger partial charge in [-0.25, -0.2) is 4.79 Å². The summed E-state index contributed by atoms with van der Waals surface area (Å²) < 4.78 is 11.8. The third kappa shape index (κ3) is 8.76. The van der Waals surface area contributed by atoms with Gasteiger partial charge in [-0.05, 0) is 68.2 Å². The first kappa shape index (κ1) is 30.0. The van der Waals surface area contributed by atoms with Crippen molar-refractivity contribution in [3.8, 4) is 0 Å². The summed E-state index contributed by atoms with van der Waals surface area (Å²) >= 11 is 1.46. The predicted molar refractivity (Wildman–Crippen MR) is 152 cm³/mol. The van der Waals surface area contributed by atoms with Crippen LogP contribution in [0, 0.1) is 22.0 Å². The molecule has 1 fully saturated rings. The summed E-state index contributed by atoms with van der Waals surface area (Å²) in [5.41, 5.74) is 0.851. The first-order chi connectivity index (χ1) is 19.5. The number of aliphatic hydroxyl groups is 1. The van der Waals surface area contributed by atoms with E-state index in [4.69, 9.17) is 9.47 Å². The number of ether oxygens (including phenoxy) is 2. The zero-order valence-electron chi connectivity index (χ0n) is 23.1. The molecule has 1 amide bonds. The molecule has 1 saturated carbocycles. The number of nitrogens with one attached hydrogen (secondary N) is 2. The number of fused-ring (bicyclic) bond motifs is 1. The summed E-state index contributed by atoms with van der Waals surface area (Å²) in [6, 6.07) is 11.1. The van der Waals surface area contributed by atoms with Crippen molar-refractivity contribution in [1.82, 2.24) is 10.3 Å². The van der Waals surface area contributed by atoms with E-state index < -0.39 is 28.9 Å². The number of nitrogens with zero attached hydrogens (tertiary/aromatic N) is 2. The van der Waals surface area contributed by atoms with Crippen LogP contribution in [-0.2, 0) is 25.7 Å². The molecule has 2 atom stereocenters. The average molecular weight is 587 g/mol. The fourth-order valence-corrected chi connectivity index (χ4v) is 5.45. The first-order valence-electron chi connectivity index (χ1n) is 13.2. The molecule has 13 heteroatoms. The lowest BCUT2D eigenvalue weighted by Crippen LogP contribution is -2.39. The van der Waals surface area contributed by atoms with Crippen LogP contribution in [0.25, 0.3) is 10.1 Å². The Labute approximate surface area is 241 Å². The van der Waals surface area contributed by atoms with E-state index in [0.29, 0.717) is 12.8 Å². The number of amides is 1. The molecule has 1 aromatic carbocycles. The SMILES string of the molecule is CC(C)(C)OC(=O)NC[C@H](c1ccc(COC(=O)C2CC(CO[N+](=O)[O-])C2)cc1)[C@H](O)Nc1cc2ccncc2s1. The van der Waals surface area contributed by atoms with Gasteiger partial charge < -0.3 is 30.1 Å². The minimum absolute atomic E-state index is 0.0109. The molecule has 0 saturated heterocycles. The number of esters is 1. The normalized spacial score (nSPS) is 18.0. The van der Waals surface area contributed by atoms with E-state index in [-0.39, 0.29) is 37.6 Å². The largest absolute Gasteiger partial charge is 0.461 e. The number of aliphatic hydroxyl groups excluding tert-OH is 1. The van der Waals surface area contributed by atoms with Crippen LogP contribution in [0.15, 0.2) is 48.8 Å². The molecular weight excluding hydrogens is 552 g/mol. The summed E-state index contributed by atoms with van der Waals surface area (Å²) in [7, 11) is 0. The molecule has 220 valence electrons. The van der Waals surface area contributed by atoms with Crippen molar-refractivity contribution in [1.29, 1.82) is 0 Å². The van der Waals surface area contributed by atoms with Crippen LogP contribution in [0.3, 0.4) is 0 Å². The second kappa shape index (κ2) is 13.1. The predicted octanol–water partition coefficient (Wildman–Crippen LogP) is 4.61. The molecule has 2 aromatic heterocycles. The number of alkyl carbamates (subject to hydrolysis) is 1. The average Bonchev–Trinajstić information content (AvgIpc) is 3.28. The highest BCUT2D eigenvalue weighted by Gasteiger charge is 2.36. The summed E-state index contributed by atoms with van der Waals surface area (Å²) in [6.07, 6.45) is 2.84. The smallest absolute Gasteiger partial charge is 0.407 e. The quantitative estimate of drug-likeness (QED) is 0.118. The van der Waals surface area contributed by atoms with Gasteiger partial charge in [0.15, 0.2) is 0 Å². The maximum atomic E-state index is 12.3. The summed E-state index contributed by atoms with van der Waals surface area (Å²) in [4.78, 5) is 43.5. The third-order valence-corrected chi connectivity index (χ3v) is 7.65. The Kier molecular flexibility index (Phi) is 9.61. The van der Waals surface area contributed by atoms with Crippen LogP contribution in [0.1, 0.15) is 50.7 Å². The molecule has 12 nitrogen and oxygen atoms in total. The summed E-state index contributed by atoms with van der Waals surface area (Å²) in [5.74, 6) is -1.18. The molecule has 0 radical (unpaired) electrons. The molecule has 0 bridgehead atoms.